The van der Waals surface area contributed by atoms with E-state index in [2.05, 4.69) is 20.8 Å². The molecule has 0 bridgehead atoms. The number of carbonyl (C=O) groups is 2. The summed E-state index contributed by atoms with van der Waals surface area (Å²) in [5.41, 5.74) is 0.941. The van der Waals surface area contributed by atoms with E-state index in [-0.39, 0.29) is 17.2 Å². The van der Waals surface area contributed by atoms with Gasteiger partial charge in [0.25, 0.3) is 0 Å². The summed E-state index contributed by atoms with van der Waals surface area (Å²) in [5, 5.41) is 15.2. The van der Waals surface area contributed by atoms with Crippen LogP contribution in [0.4, 0.5) is 5.95 Å². The number of tetrazole rings is 1. The average molecular weight is 430 g/mol. The minimum atomic E-state index is -0.841. The maximum atomic E-state index is 13.5. The Labute approximate surface area is 175 Å². The van der Waals surface area contributed by atoms with E-state index >= 15 is 0 Å². The Morgan fingerprint density at radius 3 is 2.52 bits per heavy atom. The van der Waals surface area contributed by atoms with Gasteiger partial charge in [-0.05, 0) is 40.8 Å². The van der Waals surface area contributed by atoms with E-state index in [1.807, 2.05) is 0 Å². The van der Waals surface area contributed by atoms with Crippen molar-refractivity contribution in [3.8, 4) is 0 Å². The highest BCUT2D eigenvalue weighted by Gasteiger charge is 2.39. The number of hydrogen-bond acceptors (Lipinski definition) is 7. The van der Waals surface area contributed by atoms with Crippen LogP contribution in [-0.2, 0) is 9.53 Å². The predicted molar refractivity (Wildman–Crippen MR) is 106 cm³/mol. The molecule has 146 valence electrons. The smallest absolute Gasteiger partial charge is 0.355 e. The highest BCUT2D eigenvalue weighted by atomic mass is 35.5. The zero-order valence-electron chi connectivity index (χ0n) is 15.0. The molecule has 0 aliphatic carbocycles. The molecule has 1 aromatic heterocycles. The quantitative estimate of drug-likeness (QED) is 0.501. The molecule has 1 aliphatic rings. The van der Waals surface area contributed by atoms with Gasteiger partial charge in [-0.15, -0.1) is 0 Å². The minimum Gasteiger partial charge on any atom is -0.464 e. The minimum absolute atomic E-state index is 0.0559. The number of rotatable bonds is 4. The summed E-state index contributed by atoms with van der Waals surface area (Å²) in [5.74, 6) is -0.961. The molecular formula is C19H13Cl2N5O3. The maximum Gasteiger partial charge on any atom is 0.355 e. The molecular weight excluding hydrogens is 417 g/mol. The van der Waals surface area contributed by atoms with E-state index in [1.54, 1.807) is 48.5 Å². The van der Waals surface area contributed by atoms with Crippen LogP contribution in [0.1, 0.15) is 22.0 Å². The van der Waals surface area contributed by atoms with Crippen molar-refractivity contribution in [1.82, 2.24) is 20.2 Å². The fourth-order valence-corrected chi connectivity index (χ4v) is 3.49. The number of methoxy groups -OCH3 is 1. The van der Waals surface area contributed by atoms with E-state index < -0.39 is 17.8 Å². The number of esters is 1. The van der Waals surface area contributed by atoms with Gasteiger partial charge < -0.3 is 10.1 Å². The summed E-state index contributed by atoms with van der Waals surface area (Å²) in [7, 11) is 1.23. The number of aromatic nitrogens is 4. The maximum absolute atomic E-state index is 13.5. The van der Waals surface area contributed by atoms with Crippen LogP contribution in [0.15, 0.2) is 59.8 Å². The fraction of sp³-hybridized carbons (Fsp3) is 0.105. The number of nitrogens with zero attached hydrogens (tertiary/aromatic N) is 4. The molecule has 2 aromatic carbocycles. The van der Waals surface area contributed by atoms with Gasteiger partial charge >= 0.3 is 5.97 Å². The molecule has 0 saturated heterocycles. The molecule has 0 unspecified atom stereocenters. The third-order valence-electron chi connectivity index (χ3n) is 4.46. The van der Waals surface area contributed by atoms with Crippen LogP contribution in [0.5, 0.6) is 0 Å². The van der Waals surface area contributed by atoms with Gasteiger partial charge in [-0.2, -0.15) is 4.68 Å². The number of anilines is 1. The molecule has 4 rings (SSSR count). The molecule has 1 N–H and O–H groups in total. The molecule has 1 atom stereocenters. The molecule has 0 radical (unpaired) electrons. The highest BCUT2D eigenvalue weighted by molar-refractivity contribution is 6.31. The second-order valence-corrected chi connectivity index (χ2v) is 6.96. The van der Waals surface area contributed by atoms with Crippen molar-refractivity contribution in [2.75, 3.05) is 12.4 Å². The Hall–Kier alpha value is -3.23. The number of allylic oxidation sites excluding steroid dienone is 1. The standard InChI is InChI=1S/C19H13Cl2N5O3/c1-29-18(28)15-14(17(27)10-6-8-11(20)9-7-10)16(12-4-2-3-5-13(12)21)26-19(22-15)23-24-25-26/h2-9,16H,1H3,(H,22,23,25)/t16-/m1/s1. The molecule has 29 heavy (non-hydrogen) atoms. The van der Waals surface area contributed by atoms with Crippen LogP contribution < -0.4 is 5.32 Å². The highest BCUT2D eigenvalue weighted by Crippen LogP contribution is 2.39. The number of nitrogens with one attached hydrogen (secondary N) is 1. The first-order valence-electron chi connectivity index (χ1n) is 8.43. The molecule has 0 spiro atoms. The molecule has 0 amide bonds. The number of ether oxygens (including phenoxy) is 1. The number of carbonyl (C=O) groups excluding carboxylic acids is 2. The third-order valence-corrected chi connectivity index (χ3v) is 5.05. The SMILES string of the molecule is COC(=O)C1=C(C(=O)c2ccc(Cl)cc2)[C@@H](c2ccccc2Cl)n2nnnc2N1. The number of benzene rings is 2. The second kappa shape index (κ2) is 7.65. The monoisotopic (exact) mass is 429 g/mol. The summed E-state index contributed by atoms with van der Waals surface area (Å²) < 4.78 is 6.29. The molecule has 1 aliphatic heterocycles. The van der Waals surface area contributed by atoms with E-state index in [1.165, 1.54) is 11.8 Å². The van der Waals surface area contributed by atoms with Crippen molar-refractivity contribution in [2.45, 2.75) is 6.04 Å². The number of hydrogen-bond donors (Lipinski definition) is 1. The lowest BCUT2D eigenvalue weighted by Crippen LogP contribution is -2.33. The average Bonchev–Trinajstić information content (AvgIpc) is 3.21. The number of Topliss-reactive ketones (excluding diaryl/α,β-unsaturated/α-hetero) is 1. The van der Waals surface area contributed by atoms with Gasteiger partial charge in [0.15, 0.2) is 5.78 Å². The van der Waals surface area contributed by atoms with Crippen molar-refractivity contribution in [3.05, 3.63) is 81.0 Å². The second-order valence-electron chi connectivity index (χ2n) is 6.11. The Morgan fingerprint density at radius 1 is 1.10 bits per heavy atom. The van der Waals surface area contributed by atoms with E-state index in [0.717, 1.165) is 0 Å². The van der Waals surface area contributed by atoms with Gasteiger partial charge in [0, 0.05) is 21.2 Å². The van der Waals surface area contributed by atoms with E-state index in [0.29, 0.717) is 21.2 Å². The molecule has 0 fully saturated rings. The Balaban J connectivity index is 1.97. The Kier molecular flexibility index (Phi) is 5.04. The van der Waals surface area contributed by atoms with Gasteiger partial charge in [0.2, 0.25) is 5.95 Å². The zero-order valence-corrected chi connectivity index (χ0v) is 16.5. The van der Waals surface area contributed by atoms with Crippen molar-refractivity contribution < 1.29 is 14.3 Å². The fourth-order valence-electron chi connectivity index (χ4n) is 3.13. The lowest BCUT2D eigenvalue weighted by Gasteiger charge is -2.28. The summed E-state index contributed by atoms with van der Waals surface area (Å²) >= 11 is 12.4. The van der Waals surface area contributed by atoms with Gasteiger partial charge in [-0.25, -0.2) is 4.79 Å². The van der Waals surface area contributed by atoms with Crippen molar-refractivity contribution in [1.29, 1.82) is 0 Å². The lowest BCUT2D eigenvalue weighted by atomic mass is 9.89. The number of ketones is 1. The summed E-state index contributed by atoms with van der Waals surface area (Å²) in [6.45, 7) is 0. The molecule has 10 heteroatoms. The van der Waals surface area contributed by atoms with Crippen molar-refractivity contribution in [3.63, 3.8) is 0 Å². The number of halogens is 2. The lowest BCUT2D eigenvalue weighted by molar-refractivity contribution is -0.136. The first-order chi connectivity index (χ1) is 14.0. The summed E-state index contributed by atoms with van der Waals surface area (Å²) in [6.07, 6.45) is 0. The van der Waals surface area contributed by atoms with E-state index in [9.17, 15) is 9.59 Å². The zero-order chi connectivity index (χ0) is 20.5. The summed E-state index contributed by atoms with van der Waals surface area (Å²) in [4.78, 5) is 26.0. The molecule has 0 saturated carbocycles. The summed E-state index contributed by atoms with van der Waals surface area (Å²) in [6, 6.07) is 12.5. The topological polar surface area (TPSA) is 99.0 Å². The van der Waals surface area contributed by atoms with Gasteiger partial charge in [0.1, 0.15) is 11.7 Å². The van der Waals surface area contributed by atoms with Crippen molar-refractivity contribution in [2.24, 2.45) is 0 Å². The van der Waals surface area contributed by atoms with Crippen LogP contribution in [0.2, 0.25) is 10.0 Å². The molecule has 3 aromatic rings. The third kappa shape index (κ3) is 3.37. The van der Waals surface area contributed by atoms with Crippen LogP contribution in [0, 0.1) is 0 Å². The van der Waals surface area contributed by atoms with Crippen molar-refractivity contribution >= 4 is 40.9 Å². The predicted octanol–water partition coefficient (Wildman–Crippen LogP) is 3.30. The largest absolute Gasteiger partial charge is 0.464 e. The molecule has 2 heterocycles. The Morgan fingerprint density at radius 2 is 1.83 bits per heavy atom. The van der Waals surface area contributed by atoms with Crippen LogP contribution in [0.3, 0.4) is 0 Å². The van der Waals surface area contributed by atoms with Crippen LogP contribution in [0.25, 0.3) is 0 Å². The van der Waals surface area contributed by atoms with Gasteiger partial charge in [0.05, 0.1) is 12.7 Å². The van der Waals surface area contributed by atoms with E-state index in [4.69, 9.17) is 27.9 Å². The normalized spacial score (nSPS) is 15.5. The first kappa shape index (κ1) is 19.1. The number of fused-ring (bicyclic) bond motifs is 1. The van der Waals surface area contributed by atoms with Gasteiger partial charge in [-0.3, -0.25) is 4.79 Å². The van der Waals surface area contributed by atoms with Crippen LogP contribution >= 0.6 is 23.2 Å². The Bertz CT molecular complexity index is 1140. The van der Waals surface area contributed by atoms with Crippen LogP contribution in [-0.4, -0.2) is 39.1 Å². The van der Waals surface area contributed by atoms with Gasteiger partial charge in [-0.1, -0.05) is 46.5 Å². The molecule has 8 nitrogen and oxygen atoms in total. The first-order valence-corrected chi connectivity index (χ1v) is 9.19.